The number of hydrogen-bond donors (Lipinski definition) is 2. The van der Waals surface area contributed by atoms with E-state index in [1.54, 1.807) is 4.90 Å². The van der Waals surface area contributed by atoms with Gasteiger partial charge in [0.1, 0.15) is 6.04 Å². The van der Waals surface area contributed by atoms with Crippen molar-refractivity contribution in [2.45, 2.75) is 26.3 Å². The Balaban J connectivity index is 1.63. The third-order valence-electron chi connectivity index (χ3n) is 4.22. The third kappa shape index (κ3) is 3.40. The van der Waals surface area contributed by atoms with Crippen LogP contribution in [0.25, 0.3) is 0 Å². The maximum absolute atomic E-state index is 12.5. The second-order valence-electron chi connectivity index (χ2n) is 6.08. The number of amides is 3. The molecule has 0 saturated carbocycles. The lowest BCUT2D eigenvalue weighted by atomic mass is 10.1. The molecule has 1 atom stereocenters. The van der Waals surface area contributed by atoms with E-state index in [-0.39, 0.29) is 11.9 Å². The quantitative estimate of drug-likeness (QED) is 0.911. The Morgan fingerprint density at radius 1 is 1.12 bits per heavy atom. The number of carbonyl (C=O) groups is 2. The van der Waals surface area contributed by atoms with Gasteiger partial charge in [0.15, 0.2) is 0 Å². The molecule has 5 heteroatoms. The summed E-state index contributed by atoms with van der Waals surface area (Å²) in [6.45, 7) is 4.52. The minimum atomic E-state index is -0.490. The highest BCUT2D eigenvalue weighted by molar-refractivity contribution is 6.02. The normalized spacial score (nSPS) is 17.0. The van der Waals surface area contributed by atoms with Crippen molar-refractivity contribution in [1.29, 1.82) is 0 Å². The Morgan fingerprint density at radius 3 is 2.62 bits per heavy atom. The Bertz CT molecular complexity index is 758. The van der Waals surface area contributed by atoms with Crippen LogP contribution < -0.4 is 15.5 Å². The van der Waals surface area contributed by atoms with E-state index in [0.717, 1.165) is 22.5 Å². The average Bonchev–Trinajstić information content (AvgIpc) is 2.92. The Labute approximate surface area is 141 Å². The van der Waals surface area contributed by atoms with Gasteiger partial charge in [0, 0.05) is 17.9 Å². The van der Waals surface area contributed by atoms with Crippen molar-refractivity contribution >= 4 is 23.3 Å². The monoisotopic (exact) mass is 323 g/mol. The van der Waals surface area contributed by atoms with Crippen LogP contribution in [0.5, 0.6) is 0 Å². The van der Waals surface area contributed by atoms with E-state index in [4.69, 9.17) is 0 Å². The number of urea groups is 1. The minimum Gasteiger partial charge on any atom is -0.326 e. The number of para-hydroxylation sites is 1. The molecule has 0 bridgehead atoms. The van der Waals surface area contributed by atoms with Crippen LogP contribution in [0.15, 0.2) is 48.5 Å². The second kappa shape index (κ2) is 6.74. The van der Waals surface area contributed by atoms with Crippen molar-refractivity contribution in [3.05, 3.63) is 59.7 Å². The van der Waals surface area contributed by atoms with E-state index in [1.807, 2.05) is 62.4 Å². The van der Waals surface area contributed by atoms with Crippen LogP contribution in [-0.4, -0.2) is 24.5 Å². The molecule has 2 aromatic rings. The Hall–Kier alpha value is -2.82. The van der Waals surface area contributed by atoms with Gasteiger partial charge < -0.3 is 15.5 Å². The fourth-order valence-electron chi connectivity index (χ4n) is 2.87. The lowest BCUT2D eigenvalue weighted by Crippen LogP contribution is -2.43. The van der Waals surface area contributed by atoms with E-state index in [0.29, 0.717) is 13.0 Å². The number of nitrogens with one attached hydrogen (secondary N) is 2. The van der Waals surface area contributed by atoms with Crippen LogP contribution in [0.1, 0.15) is 17.5 Å². The van der Waals surface area contributed by atoms with Gasteiger partial charge in [-0.1, -0.05) is 30.3 Å². The lowest BCUT2D eigenvalue weighted by molar-refractivity contribution is -0.118. The van der Waals surface area contributed by atoms with E-state index in [1.165, 1.54) is 0 Å². The van der Waals surface area contributed by atoms with Gasteiger partial charge in [-0.2, -0.15) is 0 Å². The number of hydrogen-bond acceptors (Lipinski definition) is 2. The highest BCUT2D eigenvalue weighted by Gasteiger charge is 2.33. The molecule has 0 aliphatic carbocycles. The zero-order valence-corrected chi connectivity index (χ0v) is 13.9. The first-order valence-electron chi connectivity index (χ1n) is 8.06. The first-order chi connectivity index (χ1) is 11.5. The number of carbonyl (C=O) groups excluding carboxylic acids is 2. The number of rotatable bonds is 3. The van der Waals surface area contributed by atoms with Crippen LogP contribution >= 0.6 is 0 Å². The molecule has 1 aliphatic heterocycles. The number of benzene rings is 2. The third-order valence-corrected chi connectivity index (χ3v) is 4.22. The summed E-state index contributed by atoms with van der Waals surface area (Å²) in [6, 6.07) is 14.5. The summed E-state index contributed by atoms with van der Waals surface area (Å²) in [5.74, 6) is -0.0719. The largest absolute Gasteiger partial charge is 0.326 e. The van der Waals surface area contributed by atoms with Crippen LogP contribution in [0, 0.1) is 13.8 Å². The molecule has 3 rings (SSSR count). The molecule has 0 radical (unpaired) electrons. The average molecular weight is 323 g/mol. The summed E-state index contributed by atoms with van der Waals surface area (Å²) in [5, 5.41) is 5.61. The molecule has 1 saturated heterocycles. The molecule has 124 valence electrons. The molecular weight excluding hydrogens is 302 g/mol. The van der Waals surface area contributed by atoms with Gasteiger partial charge in [0.25, 0.3) is 0 Å². The van der Waals surface area contributed by atoms with Crippen molar-refractivity contribution in [3.8, 4) is 0 Å². The molecule has 24 heavy (non-hydrogen) atoms. The van der Waals surface area contributed by atoms with Gasteiger partial charge in [0.2, 0.25) is 5.91 Å². The number of aryl methyl sites for hydroxylation is 2. The number of nitrogens with zero attached hydrogens (tertiary/aromatic N) is 1. The van der Waals surface area contributed by atoms with E-state index < -0.39 is 6.04 Å². The Morgan fingerprint density at radius 2 is 1.88 bits per heavy atom. The second-order valence-corrected chi connectivity index (χ2v) is 6.08. The summed E-state index contributed by atoms with van der Waals surface area (Å²) in [6.07, 6.45) is 0.605. The van der Waals surface area contributed by atoms with Gasteiger partial charge >= 0.3 is 6.03 Å². The predicted octanol–water partition coefficient (Wildman–Crippen LogP) is 3.23. The fraction of sp³-hybridized carbons (Fsp3) is 0.263. The molecular formula is C19H21N3O2. The maximum atomic E-state index is 12.5. The van der Waals surface area contributed by atoms with Gasteiger partial charge in [-0.15, -0.1) is 0 Å². The van der Waals surface area contributed by atoms with Gasteiger partial charge in [-0.05, 0) is 49.6 Å². The molecule has 2 N–H and O–H groups in total. The van der Waals surface area contributed by atoms with Gasteiger partial charge in [-0.25, -0.2) is 4.79 Å². The summed E-state index contributed by atoms with van der Waals surface area (Å²) in [4.78, 5) is 26.4. The first kappa shape index (κ1) is 16.1. The smallest absolute Gasteiger partial charge is 0.319 e. The lowest BCUT2D eigenvalue weighted by Gasteiger charge is -2.17. The highest BCUT2D eigenvalue weighted by atomic mass is 16.2. The molecule has 3 amide bonds. The van der Waals surface area contributed by atoms with E-state index in [9.17, 15) is 9.59 Å². The van der Waals surface area contributed by atoms with Crippen LogP contribution in [0.2, 0.25) is 0 Å². The Kier molecular flexibility index (Phi) is 4.51. The molecule has 1 fully saturated rings. The molecule has 0 spiro atoms. The zero-order valence-electron chi connectivity index (χ0n) is 13.9. The highest BCUT2D eigenvalue weighted by Crippen LogP contribution is 2.21. The topological polar surface area (TPSA) is 61.4 Å². The molecule has 5 nitrogen and oxygen atoms in total. The molecule has 1 heterocycles. The summed E-state index contributed by atoms with van der Waals surface area (Å²) < 4.78 is 0. The summed E-state index contributed by atoms with van der Waals surface area (Å²) in [5.41, 5.74) is 3.68. The molecule has 0 aromatic heterocycles. The van der Waals surface area contributed by atoms with Gasteiger partial charge in [0.05, 0.1) is 0 Å². The zero-order chi connectivity index (χ0) is 17.1. The molecule has 2 aromatic carbocycles. The number of anilines is 2. The predicted molar refractivity (Wildman–Crippen MR) is 95.3 cm³/mol. The van der Waals surface area contributed by atoms with Crippen LogP contribution in [0.4, 0.5) is 16.2 Å². The maximum Gasteiger partial charge on any atom is 0.319 e. The van der Waals surface area contributed by atoms with Gasteiger partial charge in [-0.3, -0.25) is 4.79 Å². The van der Waals surface area contributed by atoms with Crippen LogP contribution in [-0.2, 0) is 4.79 Å². The molecule has 1 aliphatic rings. The minimum absolute atomic E-state index is 0.0719. The van der Waals surface area contributed by atoms with Crippen molar-refractivity contribution < 1.29 is 9.59 Å². The van der Waals surface area contributed by atoms with E-state index in [2.05, 4.69) is 10.6 Å². The first-order valence-corrected chi connectivity index (χ1v) is 8.06. The van der Waals surface area contributed by atoms with Crippen LogP contribution in [0.3, 0.4) is 0 Å². The van der Waals surface area contributed by atoms with Crippen molar-refractivity contribution in [2.24, 2.45) is 0 Å². The SMILES string of the molecule is Cc1ccc(C)c(NC(=O)NC2CCN(c3ccccc3)C2=O)c1. The van der Waals surface area contributed by atoms with Crippen molar-refractivity contribution in [1.82, 2.24) is 5.32 Å². The summed E-state index contributed by atoms with van der Waals surface area (Å²) >= 11 is 0. The standard InChI is InChI=1S/C19H21N3O2/c1-13-8-9-14(2)17(12-13)21-19(24)20-16-10-11-22(18(16)23)15-6-4-3-5-7-15/h3-9,12,16H,10-11H2,1-2H3,(H2,20,21,24). The van der Waals surface area contributed by atoms with Crippen molar-refractivity contribution in [2.75, 3.05) is 16.8 Å². The fourth-order valence-corrected chi connectivity index (χ4v) is 2.87. The molecule has 1 unspecified atom stereocenters. The summed E-state index contributed by atoms with van der Waals surface area (Å²) in [7, 11) is 0. The van der Waals surface area contributed by atoms with Crippen molar-refractivity contribution in [3.63, 3.8) is 0 Å². The van der Waals surface area contributed by atoms with E-state index >= 15 is 0 Å².